The van der Waals surface area contributed by atoms with E-state index in [1.165, 1.54) is 4.90 Å². The van der Waals surface area contributed by atoms with E-state index in [4.69, 9.17) is 9.84 Å². The number of ketones is 1. The van der Waals surface area contributed by atoms with Gasteiger partial charge >= 0.3 is 17.9 Å². The van der Waals surface area contributed by atoms with Gasteiger partial charge in [0.15, 0.2) is 0 Å². The molecule has 0 aromatic rings. The van der Waals surface area contributed by atoms with E-state index in [2.05, 4.69) is 31.9 Å². The first-order valence-electron chi connectivity index (χ1n) is 20.3. The van der Waals surface area contributed by atoms with E-state index in [0.717, 1.165) is 6.92 Å². The minimum absolute atomic E-state index is 0.0309. The molecule has 0 spiro atoms. The number of nitrogens with zero attached hydrogens (tertiary/aromatic N) is 1. The summed E-state index contributed by atoms with van der Waals surface area (Å²) >= 11 is 0. The van der Waals surface area contributed by atoms with Crippen LogP contribution in [-0.4, -0.2) is 136 Å². The van der Waals surface area contributed by atoms with Gasteiger partial charge in [-0.2, -0.15) is 0 Å². The zero-order valence-electron chi connectivity index (χ0n) is 35.6. The molecule has 0 saturated carbocycles. The second-order valence-electron chi connectivity index (χ2n) is 15.2. The van der Waals surface area contributed by atoms with Crippen molar-refractivity contribution in [2.24, 2.45) is 11.8 Å². The van der Waals surface area contributed by atoms with Gasteiger partial charge in [0, 0.05) is 39.3 Å². The Labute approximate surface area is 349 Å². The molecule has 21 heteroatoms. The highest BCUT2D eigenvalue weighted by Gasteiger charge is 2.41. The van der Waals surface area contributed by atoms with Crippen LogP contribution in [0.15, 0.2) is 0 Å². The summed E-state index contributed by atoms with van der Waals surface area (Å²) in [7, 11) is 0. The Balaban J connectivity index is 3.16. The fourth-order valence-electron chi connectivity index (χ4n) is 6.36. The van der Waals surface area contributed by atoms with Crippen LogP contribution >= 0.6 is 0 Å². The number of ether oxygens (including phenoxy) is 1. The summed E-state index contributed by atoms with van der Waals surface area (Å²) in [5.41, 5.74) is 0. The Bertz CT molecular complexity index is 1570. The summed E-state index contributed by atoms with van der Waals surface area (Å²) < 4.78 is 4.84. The topological polar surface area (TPSA) is 313 Å². The SMILES string of the molecule is CCC[C@H](NC(=O)[C@@H]1CCCN1C(=O)[C@@H](NC(=O)[C@@H](NC(=O)[C@H](CCC(=O)O)NC(=O)[C@H](CCC(=O)O)NC(C)=O)C(C)C)C(C)C)C(=O)C(=O)NCCCC(=O)OCC. The number of esters is 1. The second-order valence-corrected chi connectivity index (χ2v) is 15.2. The monoisotopic (exact) mass is 853 g/mol. The first-order chi connectivity index (χ1) is 28.1. The van der Waals surface area contributed by atoms with Crippen LogP contribution in [0.2, 0.25) is 0 Å². The van der Waals surface area contributed by atoms with Crippen molar-refractivity contribution in [2.75, 3.05) is 19.7 Å². The van der Waals surface area contributed by atoms with Gasteiger partial charge in [-0.25, -0.2) is 0 Å². The molecular weight excluding hydrogens is 790 g/mol. The molecule has 1 aliphatic heterocycles. The molecule has 0 aromatic heterocycles. The Morgan fingerprint density at radius 3 is 1.75 bits per heavy atom. The first kappa shape index (κ1) is 52.4. The average Bonchev–Trinajstić information content (AvgIpc) is 3.66. The number of Topliss-reactive ketones (excluding diaryl/α,β-unsaturated/α-hetero) is 1. The first-order valence-corrected chi connectivity index (χ1v) is 20.3. The molecule has 60 heavy (non-hydrogen) atoms. The molecule has 0 bridgehead atoms. The van der Waals surface area contributed by atoms with Crippen LogP contribution in [0.1, 0.15) is 113 Å². The molecular formula is C39H63N7O14. The number of hydrogen-bond acceptors (Lipinski definition) is 12. The largest absolute Gasteiger partial charge is 0.481 e. The standard InChI is InChI=1S/C39H63N7O14/c1-8-12-24(33(53)38(58)40-19-10-14-30(52)60-9-2)42-36(56)27-13-11-20-46(27)39(59)32(22(5)6)45-37(57)31(21(3)4)44-35(55)26(16-18-29(50)51)43-34(54)25(41-23(7)47)15-17-28(48)49/h21-22,24-27,31-32H,8-20H2,1-7H3,(H,40,58)(H,41,47)(H,42,56)(H,43,54)(H,44,55)(H,45,57)(H,48,49)(H,50,51)/t24-,25-,26-,27-,31-,32-/m0/s1. The molecule has 21 nitrogen and oxygen atoms in total. The average molecular weight is 854 g/mol. The minimum Gasteiger partial charge on any atom is -0.481 e. The molecule has 8 N–H and O–H groups in total. The maximum Gasteiger partial charge on any atom is 0.305 e. The molecule has 338 valence electrons. The molecule has 0 aliphatic carbocycles. The molecule has 0 aromatic carbocycles. The van der Waals surface area contributed by atoms with Crippen LogP contribution in [0, 0.1) is 11.8 Å². The summed E-state index contributed by atoms with van der Waals surface area (Å²) in [5, 5.41) is 33.3. The van der Waals surface area contributed by atoms with Crippen LogP contribution in [0.3, 0.4) is 0 Å². The van der Waals surface area contributed by atoms with Crippen molar-refractivity contribution in [3.63, 3.8) is 0 Å². The highest BCUT2D eigenvalue weighted by atomic mass is 16.5. The smallest absolute Gasteiger partial charge is 0.305 e. The van der Waals surface area contributed by atoms with Crippen LogP contribution < -0.4 is 31.9 Å². The zero-order chi connectivity index (χ0) is 45.7. The minimum atomic E-state index is -1.53. The maximum absolute atomic E-state index is 14.1. The van der Waals surface area contributed by atoms with Crippen LogP contribution in [0.4, 0.5) is 0 Å². The summed E-state index contributed by atoms with van der Waals surface area (Å²) in [6.45, 7) is 11.4. The van der Waals surface area contributed by atoms with Crippen molar-refractivity contribution in [3.8, 4) is 0 Å². The normalized spacial score (nSPS) is 16.0. The van der Waals surface area contributed by atoms with Gasteiger partial charge in [-0.05, 0) is 57.3 Å². The van der Waals surface area contributed by atoms with Gasteiger partial charge in [-0.1, -0.05) is 41.0 Å². The molecule has 0 radical (unpaired) electrons. The highest BCUT2D eigenvalue weighted by Crippen LogP contribution is 2.21. The van der Waals surface area contributed by atoms with Crippen LogP contribution in [0.5, 0.6) is 0 Å². The molecule has 1 aliphatic rings. The predicted molar refractivity (Wildman–Crippen MR) is 212 cm³/mol. The Kier molecular flexibility index (Phi) is 23.1. The van der Waals surface area contributed by atoms with Gasteiger partial charge < -0.3 is 51.8 Å². The quantitative estimate of drug-likeness (QED) is 0.0288. The number of hydrogen-bond donors (Lipinski definition) is 8. The van der Waals surface area contributed by atoms with Gasteiger partial charge in [0.25, 0.3) is 5.91 Å². The lowest BCUT2D eigenvalue weighted by molar-refractivity contribution is -0.144. The van der Waals surface area contributed by atoms with Crippen molar-refractivity contribution in [1.29, 1.82) is 0 Å². The van der Waals surface area contributed by atoms with Gasteiger partial charge in [0.2, 0.25) is 41.2 Å². The number of carbonyl (C=O) groups is 11. The molecule has 1 rings (SSSR count). The highest BCUT2D eigenvalue weighted by molar-refractivity contribution is 6.38. The van der Waals surface area contributed by atoms with Gasteiger partial charge in [0.05, 0.1) is 12.6 Å². The summed E-state index contributed by atoms with van der Waals surface area (Å²) in [6, 6.07) is -7.63. The third-order valence-corrected chi connectivity index (χ3v) is 9.52. The zero-order valence-corrected chi connectivity index (χ0v) is 35.6. The van der Waals surface area contributed by atoms with Crippen LogP contribution in [-0.2, 0) is 57.5 Å². The molecule has 7 amide bonds. The molecule has 1 saturated heterocycles. The molecule has 1 heterocycles. The Hall–Kier alpha value is -5.63. The van der Waals surface area contributed by atoms with E-state index < -0.39 is 132 Å². The van der Waals surface area contributed by atoms with Crippen molar-refractivity contribution in [3.05, 3.63) is 0 Å². The van der Waals surface area contributed by atoms with Crippen molar-refractivity contribution < 1.29 is 67.7 Å². The number of aliphatic carboxylic acids is 2. The Morgan fingerprint density at radius 1 is 0.683 bits per heavy atom. The number of nitrogens with one attached hydrogen (secondary N) is 6. The van der Waals surface area contributed by atoms with Gasteiger partial charge in [-0.15, -0.1) is 0 Å². The van der Waals surface area contributed by atoms with Crippen LogP contribution in [0.25, 0.3) is 0 Å². The number of carboxylic acid groups (broad SMARTS) is 2. The second kappa shape index (κ2) is 26.5. The number of carboxylic acids is 2. The maximum atomic E-state index is 14.1. The molecule has 1 fully saturated rings. The Morgan fingerprint density at radius 2 is 1.23 bits per heavy atom. The lowest BCUT2D eigenvalue weighted by Crippen LogP contribution is -2.61. The third kappa shape index (κ3) is 18.1. The summed E-state index contributed by atoms with van der Waals surface area (Å²) in [4.78, 5) is 141. The molecule has 6 atom stereocenters. The fraction of sp³-hybridized carbons (Fsp3) is 0.718. The number of amides is 7. The van der Waals surface area contributed by atoms with E-state index in [9.17, 15) is 57.8 Å². The van der Waals surface area contributed by atoms with E-state index >= 15 is 0 Å². The van der Waals surface area contributed by atoms with E-state index in [0.29, 0.717) is 12.8 Å². The van der Waals surface area contributed by atoms with Crippen molar-refractivity contribution in [2.45, 2.75) is 149 Å². The van der Waals surface area contributed by atoms with Gasteiger partial charge in [-0.3, -0.25) is 52.7 Å². The van der Waals surface area contributed by atoms with E-state index in [1.807, 2.05) is 0 Å². The number of likely N-dealkylation sites (tertiary alicyclic amines) is 1. The fourth-order valence-corrected chi connectivity index (χ4v) is 6.36. The van der Waals surface area contributed by atoms with Crippen molar-refractivity contribution >= 4 is 65.0 Å². The van der Waals surface area contributed by atoms with Gasteiger partial charge in [0.1, 0.15) is 30.2 Å². The number of rotatable bonds is 27. The summed E-state index contributed by atoms with van der Waals surface area (Å²) in [5.74, 6) is -10.6. The van der Waals surface area contributed by atoms with Crippen molar-refractivity contribution in [1.82, 2.24) is 36.8 Å². The van der Waals surface area contributed by atoms with E-state index in [-0.39, 0.29) is 51.8 Å². The lowest BCUT2D eigenvalue weighted by atomic mass is 9.98. The lowest BCUT2D eigenvalue weighted by Gasteiger charge is -2.33. The number of carbonyl (C=O) groups excluding carboxylic acids is 9. The predicted octanol–water partition coefficient (Wildman–Crippen LogP) is -0.708. The van der Waals surface area contributed by atoms with E-state index in [1.54, 1.807) is 41.5 Å². The summed E-state index contributed by atoms with van der Waals surface area (Å²) in [6.07, 6.45) is -0.327. The molecule has 0 unspecified atom stereocenters. The third-order valence-electron chi connectivity index (χ3n) is 9.52.